The molecule has 0 amide bonds. The van der Waals surface area contributed by atoms with Crippen molar-refractivity contribution in [2.24, 2.45) is 23.7 Å². The topological polar surface area (TPSA) is 40.5 Å². The second-order valence-electron chi connectivity index (χ2n) is 6.01. The Bertz CT molecular complexity index is 203. The standard InChI is InChI=1S/C14H28O2/c1-9-5-6-13(12(4)11(9)3)8-14(16)7-10(2)15/h9-16H,5-8H2,1-4H3/t9?,10?,11?,12?,13?,14-/m0/s1. The van der Waals surface area contributed by atoms with Crippen molar-refractivity contribution in [1.82, 2.24) is 0 Å². The van der Waals surface area contributed by atoms with E-state index in [0.29, 0.717) is 18.3 Å². The maximum atomic E-state index is 9.88. The lowest BCUT2D eigenvalue weighted by molar-refractivity contribution is 0.0395. The summed E-state index contributed by atoms with van der Waals surface area (Å²) in [6.45, 7) is 8.74. The minimum atomic E-state index is -0.384. The fourth-order valence-electron chi connectivity index (χ4n) is 3.12. The molecule has 1 fully saturated rings. The smallest absolute Gasteiger partial charge is 0.0567 e. The van der Waals surface area contributed by atoms with E-state index in [0.717, 1.165) is 18.3 Å². The van der Waals surface area contributed by atoms with Crippen LogP contribution in [0.15, 0.2) is 0 Å². The largest absolute Gasteiger partial charge is 0.393 e. The van der Waals surface area contributed by atoms with Crippen LogP contribution in [0.25, 0.3) is 0 Å². The first-order valence-corrected chi connectivity index (χ1v) is 6.78. The molecule has 0 heterocycles. The second kappa shape index (κ2) is 6.02. The highest BCUT2D eigenvalue weighted by Gasteiger charge is 2.32. The zero-order valence-electron chi connectivity index (χ0n) is 11.2. The van der Waals surface area contributed by atoms with Gasteiger partial charge < -0.3 is 10.2 Å². The SMILES string of the molecule is CC(O)C[C@H](O)CC1CCC(C)C(C)C1C. The average molecular weight is 228 g/mol. The van der Waals surface area contributed by atoms with Crippen LogP contribution in [0, 0.1) is 23.7 Å². The molecule has 0 aromatic rings. The molecule has 2 nitrogen and oxygen atoms in total. The van der Waals surface area contributed by atoms with Crippen molar-refractivity contribution in [3.63, 3.8) is 0 Å². The number of aliphatic hydroxyl groups excluding tert-OH is 2. The first-order valence-electron chi connectivity index (χ1n) is 6.78. The summed E-state index contributed by atoms with van der Waals surface area (Å²) in [5.41, 5.74) is 0. The van der Waals surface area contributed by atoms with Gasteiger partial charge in [0.05, 0.1) is 12.2 Å². The summed E-state index contributed by atoms with van der Waals surface area (Å²) in [6, 6.07) is 0. The van der Waals surface area contributed by atoms with E-state index in [1.807, 2.05) is 0 Å². The maximum absolute atomic E-state index is 9.88. The molecule has 0 saturated heterocycles. The third-order valence-corrected chi connectivity index (χ3v) is 4.65. The molecule has 16 heavy (non-hydrogen) atoms. The highest BCUT2D eigenvalue weighted by molar-refractivity contribution is 4.82. The molecule has 1 saturated carbocycles. The van der Waals surface area contributed by atoms with Gasteiger partial charge in [-0.1, -0.05) is 27.2 Å². The molecule has 0 spiro atoms. The molecule has 1 aliphatic rings. The molecule has 0 bridgehead atoms. The summed E-state index contributed by atoms with van der Waals surface area (Å²) in [5, 5.41) is 19.1. The molecule has 0 aliphatic heterocycles. The van der Waals surface area contributed by atoms with Gasteiger partial charge >= 0.3 is 0 Å². The highest BCUT2D eigenvalue weighted by atomic mass is 16.3. The Balaban J connectivity index is 2.42. The Hall–Kier alpha value is -0.0800. The van der Waals surface area contributed by atoms with Gasteiger partial charge in [-0.2, -0.15) is 0 Å². The Morgan fingerprint density at radius 3 is 2.25 bits per heavy atom. The molecule has 2 N–H and O–H groups in total. The van der Waals surface area contributed by atoms with Crippen molar-refractivity contribution < 1.29 is 10.2 Å². The van der Waals surface area contributed by atoms with E-state index in [-0.39, 0.29) is 12.2 Å². The molecule has 0 radical (unpaired) electrons. The van der Waals surface area contributed by atoms with Gasteiger partial charge in [0.2, 0.25) is 0 Å². The Morgan fingerprint density at radius 2 is 1.69 bits per heavy atom. The molecule has 1 rings (SSSR count). The van der Waals surface area contributed by atoms with Crippen LogP contribution >= 0.6 is 0 Å². The third-order valence-electron chi connectivity index (χ3n) is 4.65. The molecule has 1 aliphatic carbocycles. The average Bonchev–Trinajstić information content (AvgIpc) is 2.18. The van der Waals surface area contributed by atoms with E-state index < -0.39 is 0 Å². The molecular weight excluding hydrogens is 200 g/mol. The van der Waals surface area contributed by atoms with Crippen LogP contribution in [-0.4, -0.2) is 22.4 Å². The van der Waals surface area contributed by atoms with Crippen molar-refractivity contribution in [2.75, 3.05) is 0 Å². The predicted octanol–water partition coefficient (Wildman–Crippen LogP) is 2.83. The number of rotatable bonds is 4. The fraction of sp³-hybridized carbons (Fsp3) is 1.00. The predicted molar refractivity (Wildman–Crippen MR) is 67.1 cm³/mol. The first kappa shape index (κ1) is 14.0. The summed E-state index contributed by atoms with van der Waals surface area (Å²) < 4.78 is 0. The lowest BCUT2D eigenvalue weighted by Crippen LogP contribution is -2.32. The lowest BCUT2D eigenvalue weighted by atomic mass is 9.67. The van der Waals surface area contributed by atoms with E-state index >= 15 is 0 Å². The van der Waals surface area contributed by atoms with E-state index in [2.05, 4.69) is 20.8 Å². The normalized spacial score (nSPS) is 39.4. The van der Waals surface area contributed by atoms with Crippen LogP contribution in [0.3, 0.4) is 0 Å². The monoisotopic (exact) mass is 228 g/mol. The van der Waals surface area contributed by atoms with Crippen molar-refractivity contribution in [3.8, 4) is 0 Å². The van der Waals surface area contributed by atoms with E-state index in [4.69, 9.17) is 0 Å². The van der Waals surface area contributed by atoms with Gasteiger partial charge in [-0.25, -0.2) is 0 Å². The molecule has 0 aromatic heterocycles. The molecule has 6 atom stereocenters. The van der Waals surface area contributed by atoms with Crippen LogP contribution in [0.4, 0.5) is 0 Å². The Labute approximate surface area is 100 Å². The van der Waals surface area contributed by atoms with Crippen molar-refractivity contribution >= 4 is 0 Å². The molecule has 2 heteroatoms. The number of hydrogen-bond acceptors (Lipinski definition) is 2. The number of hydrogen-bond donors (Lipinski definition) is 2. The summed E-state index contributed by atoms with van der Waals surface area (Å²) in [5.74, 6) is 2.92. The van der Waals surface area contributed by atoms with Crippen molar-refractivity contribution in [1.29, 1.82) is 0 Å². The zero-order valence-corrected chi connectivity index (χ0v) is 11.2. The minimum Gasteiger partial charge on any atom is -0.393 e. The van der Waals surface area contributed by atoms with Crippen LogP contribution in [0.2, 0.25) is 0 Å². The summed E-state index contributed by atoms with van der Waals surface area (Å²) in [6.07, 6.45) is 3.20. The van der Waals surface area contributed by atoms with Crippen molar-refractivity contribution in [3.05, 3.63) is 0 Å². The van der Waals surface area contributed by atoms with Gasteiger partial charge in [-0.15, -0.1) is 0 Å². The molecule has 96 valence electrons. The van der Waals surface area contributed by atoms with Gasteiger partial charge in [0.15, 0.2) is 0 Å². The van der Waals surface area contributed by atoms with Crippen molar-refractivity contribution in [2.45, 2.75) is 65.6 Å². The van der Waals surface area contributed by atoms with Gasteiger partial charge in [-0.05, 0) is 49.9 Å². The molecular formula is C14H28O2. The van der Waals surface area contributed by atoms with E-state index in [9.17, 15) is 10.2 Å². The summed E-state index contributed by atoms with van der Waals surface area (Å²) >= 11 is 0. The zero-order chi connectivity index (χ0) is 12.3. The van der Waals surface area contributed by atoms with Crippen LogP contribution in [0.5, 0.6) is 0 Å². The number of aliphatic hydroxyl groups is 2. The quantitative estimate of drug-likeness (QED) is 0.777. The third kappa shape index (κ3) is 3.74. The van der Waals surface area contributed by atoms with Gasteiger partial charge in [0, 0.05) is 0 Å². The Morgan fingerprint density at radius 1 is 1.06 bits per heavy atom. The van der Waals surface area contributed by atoms with Gasteiger partial charge in [0.25, 0.3) is 0 Å². The van der Waals surface area contributed by atoms with E-state index in [1.54, 1.807) is 6.92 Å². The fourth-order valence-corrected chi connectivity index (χ4v) is 3.12. The maximum Gasteiger partial charge on any atom is 0.0567 e. The highest BCUT2D eigenvalue weighted by Crippen LogP contribution is 2.40. The van der Waals surface area contributed by atoms with Crippen LogP contribution in [0.1, 0.15) is 53.4 Å². The lowest BCUT2D eigenvalue weighted by Gasteiger charge is -2.39. The van der Waals surface area contributed by atoms with Gasteiger partial charge in [-0.3, -0.25) is 0 Å². The van der Waals surface area contributed by atoms with Gasteiger partial charge in [0.1, 0.15) is 0 Å². The molecule has 0 aromatic carbocycles. The molecule has 5 unspecified atom stereocenters. The van der Waals surface area contributed by atoms with Crippen LogP contribution in [-0.2, 0) is 0 Å². The second-order valence-corrected chi connectivity index (χ2v) is 6.01. The Kier molecular flexibility index (Phi) is 5.26. The summed E-state index contributed by atoms with van der Waals surface area (Å²) in [7, 11) is 0. The minimum absolute atomic E-state index is 0.326. The first-order chi connectivity index (χ1) is 7.41. The summed E-state index contributed by atoms with van der Waals surface area (Å²) in [4.78, 5) is 0. The van der Waals surface area contributed by atoms with E-state index in [1.165, 1.54) is 12.8 Å². The van der Waals surface area contributed by atoms with Crippen LogP contribution < -0.4 is 0 Å².